The summed E-state index contributed by atoms with van der Waals surface area (Å²) in [5, 5.41) is 0. The van der Waals surface area contributed by atoms with Gasteiger partial charge in [-0.3, -0.25) is 0 Å². The van der Waals surface area contributed by atoms with E-state index in [0.29, 0.717) is 12.6 Å². The van der Waals surface area contributed by atoms with Gasteiger partial charge in [-0.15, -0.1) is 0 Å². The van der Waals surface area contributed by atoms with Gasteiger partial charge in [0.15, 0.2) is 5.95 Å². The zero-order chi connectivity index (χ0) is 12.4. The topological polar surface area (TPSA) is 63.9 Å². The number of aromatic amines is 1. The molecule has 17 heavy (non-hydrogen) atoms. The van der Waals surface area contributed by atoms with Crippen molar-refractivity contribution in [3.63, 3.8) is 0 Å². The van der Waals surface area contributed by atoms with E-state index in [-0.39, 0.29) is 0 Å². The van der Waals surface area contributed by atoms with Gasteiger partial charge in [0.05, 0.1) is 12.3 Å². The van der Waals surface area contributed by atoms with E-state index in [9.17, 15) is 0 Å². The number of nitrogens with zero attached hydrogens (tertiary/aromatic N) is 1. The largest absolute Gasteiger partial charge is 0.494 e. The van der Waals surface area contributed by atoms with Gasteiger partial charge in [-0.05, 0) is 44.5 Å². The van der Waals surface area contributed by atoms with Crippen molar-refractivity contribution in [3.05, 3.63) is 29.5 Å². The Morgan fingerprint density at radius 3 is 2.65 bits per heavy atom. The lowest BCUT2D eigenvalue weighted by Gasteiger charge is -2.08. The molecule has 4 heteroatoms. The standard InChI is InChI=1S/C13H17N3O/c1-4-17-11-6-5-10(7-8(11)2)12-9(3)15-13(14)16-12/h5-7H,4H2,1-3H3,(H3,14,15,16). The van der Waals surface area contributed by atoms with Gasteiger partial charge in [-0.2, -0.15) is 0 Å². The Kier molecular flexibility index (Phi) is 3.04. The number of imidazole rings is 1. The van der Waals surface area contributed by atoms with Crippen molar-refractivity contribution in [2.24, 2.45) is 0 Å². The van der Waals surface area contributed by atoms with Crippen LogP contribution in [-0.4, -0.2) is 16.6 Å². The second-order valence-corrected chi connectivity index (χ2v) is 4.01. The van der Waals surface area contributed by atoms with Crippen molar-refractivity contribution >= 4 is 5.95 Å². The van der Waals surface area contributed by atoms with E-state index in [1.807, 2.05) is 32.9 Å². The molecule has 0 fully saturated rings. The first-order chi connectivity index (χ1) is 8.11. The maximum atomic E-state index is 5.64. The van der Waals surface area contributed by atoms with Gasteiger partial charge < -0.3 is 15.5 Å². The third kappa shape index (κ3) is 2.25. The van der Waals surface area contributed by atoms with E-state index < -0.39 is 0 Å². The first kappa shape index (κ1) is 11.5. The van der Waals surface area contributed by atoms with Crippen molar-refractivity contribution in [2.45, 2.75) is 20.8 Å². The van der Waals surface area contributed by atoms with Crippen LogP contribution in [0.2, 0.25) is 0 Å². The number of ether oxygens (including phenoxy) is 1. The highest BCUT2D eigenvalue weighted by Gasteiger charge is 2.09. The first-order valence-electron chi connectivity index (χ1n) is 5.67. The van der Waals surface area contributed by atoms with E-state index in [2.05, 4.69) is 16.0 Å². The van der Waals surface area contributed by atoms with Crippen LogP contribution in [0.15, 0.2) is 18.2 Å². The van der Waals surface area contributed by atoms with Crippen molar-refractivity contribution < 1.29 is 4.74 Å². The number of benzene rings is 1. The molecule has 2 rings (SSSR count). The van der Waals surface area contributed by atoms with Gasteiger partial charge in [-0.1, -0.05) is 0 Å². The van der Waals surface area contributed by atoms with E-state index in [0.717, 1.165) is 28.3 Å². The molecule has 0 aliphatic heterocycles. The number of anilines is 1. The summed E-state index contributed by atoms with van der Waals surface area (Å²) in [6.07, 6.45) is 0. The van der Waals surface area contributed by atoms with E-state index in [1.165, 1.54) is 0 Å². The molecule has 1 aromatic heterocycles. The SMILES string of the molecule is CCOc1ccc(-c2nc(N)[nH]c2C)cc1C. The van der Waals surface area contributed by atoms with Crippen LogP contribution in [0.25, 0.3) is 11.3 Å². The summed E-state index contributed by atoms with van der Waals surface area (Å²) in [6, 6.07) is 6.03. The Labute approximate surface area is 101 Å². The third-order valence-corrected chi connectivity index (χ3v) is 2.65. The van der Waals surface area contributed by atoms with Gasteiger partial charge in [0.1, 0.15) is 5.75 Å². The second kappa shape index (κ2) is 4.49. The molecular weight excluding hydrogens is 214 g/mol. The smallest absolute Gasteiger partial charge is 0.198 e. The number of H-pyrrole nitrogens is 1. The van der Waals surface area contributed by atoms with Gasteiger partial charge in [-0.25, -0.2) is 4.98 Å². The Morgan fingerprint density at radius 1 is 1.35 bits per heavy atom. The van der Waals surface area contributed by atoms with Gasteiger partial charge in [0.25, 0.3) is 0 Å². The zero-order valence-electron chi connectivity index (χ0n) is 10.4. The summed E-state index contributed by atoms with van der Waals surface area (Å²) in [7, 11) is 0. The first-order valence-corrected chi connectivity index (χ1v) is 5.67. The zero-order valence-corrected chi connectivity index (χ0v) is 10.4. The molecule has 0 atom stereocenters. The number of aromatic nitrogens is 2. The number of hydrogen-bond acceptors (Lipinski definition) is 3. The van der Waals surface area contributed by atoms with Crippen molar-refractivity contribution in [1.82, 2.24) is 9.97 Å². The van der Waals surface area contributed by atoms with Crippen LogP contribution in [0.4, 0.5) is 5.95 Å². The molecule has 0 spiro atoms. The lowest BCUT2D eigenvalue weighted by Crippen LogP contribution is -1.94. The number of hydrogen-bond donors (Lipinski definition) is 2. The summed E-state index contributed by atoms with van der Waals surface area (Å²) in [5.41, 5.74) is 9.67. The molecule has 0 bridgehead atoms. The fraction of sp³-hybridized carbons (Fsp3) is 0.308. The molecule has 90 valence electrons. The monoisotopic (exact) mass is 231 g/mol. The van der Waals surface area contributed by atoms with Crippen molar-refractivity contribution in [3.8, 4) is 17.0 Å². The van der Waals surface area contributed by atoms with Crippen molar-refractivity contribution in [1.29, 1.82) is 0 Å². The van der Waals surface area contributed by atoms with Crippen molar-refractivity contribution in [2.75, 3.05) is 12.3 Å². The normalized spacial score (nSPS) is 10.5. The molecule has 0 amide bonds. The molecular formula is C13H17N3O. The fourth-order valence-electron chi connectivity index (χ4n) is 1.88. The van der Waals surface area contributed by atoms with Crippen LogP contribution in [0.3, 0.4) is 0 Å². The summed E-state index contributed by atoms with van der Waals surface area (Å²) in [6.45, 7) is 6.64. The molecule has 0 saturated carbocycles. The molecule has 2 aromatic rings. The van der Waals surface area contributed by atoms with Crippen LogP contribution in [0, 0.1) is 13.8 Å². The summed E-state index contributed by atoms with van der Waals surface area (Å²) >= 11 is 0. The number of nitrogen functional groups attached to an aromatic ring is 1. The molecule has 0 aliphatic rings. The maximum Gasteiger partial charge on any atom is 0.198 e. The second-order valence-electron chi connectivity index (χ2n) is 4.01. The van der Waals surface area contributed by atoms with Crippen LogP contribution >= 0.6 is 0 Å². The summed E-state index contributed by atoms with van der Waals surface area (Å²) in [4.78, 5) is 7.28. The quantitative estimate of drug-likeness (QED) is 0.853. The number of rotatable bonds is 3. The van der Waals surface area contributed by atoms with Crippen LogP contribution in [0.5, 0.6) is 5.75 Å². The van der Waals surface area contributed by atoms with E-state index in [4.69, 9.17) is 10.5 Å². The minimum atomic E-state index is 0.448. The highest BCUT2D eigenvalue weighted by Crippen LogP contribution is 2.27. The average molecular weight is 231 g/mol. The summed E-state index contributed by atoms with van der Waals surface area (Å²) in [5.74, 6) is 1.36. The number of aryl methyl sites for hydroxylation is 2. The van der Waals surface area contributed by atoms with Crippen LogP contribution < -0.4 is 10.5 Å². The molecule has 3 N–H and O–H groups in total. The lowest BCUT2D eigenvalue weighted by molar-refractivity contribution is 0.338. The Hall–Kier alpha value is -1.97. The summed E-state index contributed by atoms with van der Waals surface area (Å²) < 4.78 is 5.51. The predicted octanol–water partition coefficient (Wildman–Crippen LogP) is 2.67. The van der Waals surface area contributed by atoms with E-state index in [1.54, 1.807) is 0 Å². The fourth-order valence-corrected chi connectivity index (χ4v) is 1.88. The van der Waals surface area contributed by atoms with E-state index >= 15 is 0 Å². The molecule has 4 nitrogen and oxygen atoms in total. The minimum Gasteiger partial charge on any atom is -0.494 e. The number of nitrogens with two attached hydrogens (primary N) is 1. The highest BCUT2D eigenvalue weighted by molar-refractivity contribution is 5.65. The Morgan fingerprint density at radius 2 is 2.12 bits per heavy atom. The molecule has 1 aromatic carbocycles. The van der Waals surface area contributed by atoms with Crippen LogP contribution in [0.1, 0.15) is 18.2 Å². The minimum absolute atomic E-state index is 0.448. The highest BCUT2D eigenvalue weighted by atomic mass is 16.5. The third-order valence-electron chi connectivity index (χ3n) is 2.65. The molecule has 0 unspecified atom stereocenters. The average Bonchev–Trinajstić information content (AvgIpc) is 2.61. The molecule has 0 saturated heterocycles. The Bertz CT molecular complexity index is 531. The molecule has 1 heterocycles. The lowest BCUT2D eigenvalue weighted by atomic mass is 10.1. The number of nitrogens with one attached hydrogen (secondary N) is 1. The predicted molar refractivity (Wildman–Crippen MR) is 69.1 cm³/mol. The van der Waals surface area contributed by atoms with Gasteiger partial charge in [0.2, 0.25) is 0 Å². The van der Waals surface area contributed by atoms with Gasteiger partial charge >= 0.3 is 0 Å². The Balaban J connectivity index is 2.41. The molecule has 0 radical (unpaired) electrons. The molecule has 0 aliphatic carbocycles. The van der Waals surface area contributed by atoms with Gasteiger partial charge in [0, 0.05) is 11.3 Å². The maximum absolute atomic E-state index is 5.64. The van der Waals surface area contributed by atoms with Crippen LogP contribution in [-0.2, 0) is 0 Å².